The van der Waals surface area contributed by atoms with Gasteiger partial charge in [-0.3, -0.25) is 9.69 Å². The molecule has 3 aromatic rings. The van der Waals surface area contributed by atoms with Crippen molar-refractivity contribution < 1.29 is 14.0 Å². The molecule has 1 fully saturated rings. The highest BCUT2D eigenvalue weighted by Crippen LogP contribution is 2.54. The molecule has 170 valence electrons. The van der Waals surface area contributed by atoms with E-state index in [-0.39, 0.29) is 12.5 Å². The number of benzene rings is 3. The van der Waals surface area contributed by atoms with Gasteiger partial charge in [-0.05, 0) is 60.2 Å². The minimum Gasteiger partial charge on any atom is -0.308 e. The summed E-state index contributed by atoms with van der Waals surface area (Å²) in [5, 5.41) is 12.6. The summed E-state index contributed by atoms with van der Waals surface area (Å²) >= 11 is 7.25. The SMILES string of the molecule is N#Cc1cccc(CN2C(=O)[C@@]3(SCCN3C(=O)Nc3ccc(Cl)cc3)c3cc(F)ccc32)c1. The highest BCUT2D eigenvalue weighted by molar-refractivity contribution is 8.01. The smallest absolute Gasteiger partial charge is 0.308 e. The molecule has 1 saturated heterocycles. The maximum absolute atomic E-state index is 14.4. The second kappa shape index (κ2) is 8.67. The van der Waals surface area contributed by atoms with Gasteiger partial charge in [0.2, 0.25) is 0 Å². The molecule has 1 spiro atoms. The van der Waals surface area contributed by atoms with Crippen LogP contribution in [0.1, 0.15) is 16.7 Å². The summed E-state index contributed by atoms with van der Waals surface area (Å²) in [5.74, 6) is -0.276. The molecule has 3 amide bonds. The number of fused-ring (bicyclic) bond motifs is 2. The molecular weight excluding hydrogens is 475 g/mol. The zero-order valence-electron chi connectivity index (χ0n) is 17.8. The van der Waals surface area contributed by atoms with Crippen molar-refractivity contribution in [3.8, 4) is 6.07 Å². The van der Waals surface area contributed by atoms with E-state index < -0.39 is 16.7 Å². The summed E-state index contributed by atoms with van der Waals surface area (Å²) < 4.78 is 14.4. The number of carbonyl (C=O) groups is 2. The molecule has 0 aromatic heterocycles. The van der Waals surface area contributed by atoms with Crippen molar-refractivity contribution >= 4 is 46.7 Å². The van der Waals surface area contributed by atoms with Crippen molar-refractivity contribution in [2.24, 2.45) is 0 Å². The Morgan fingerprint density at radius 1 is 1.18 bits per heavy atom. The van der Waals surface area contributed by atoms with Gasteiger partial charge in [0.1, 0.15) is 5.82 Å². The van der Waals surface area contributed by atoms with Crippen molar-refractivity contribution in [3.63, 3.8) is 0 Å². The highest BCUT2D eigenvalue weighted by atomic mass is 35.5. The molecule has 2 aliphatic rings. The second-order valence-electron chi connectivity index (χ2n) is 7.95. The molecule has 0 saturated carbocycles. The van der Waals surface area contributed by atoms with Crippen LogP contribution in [0.4, 0.5) is 20.6 Å². The lowest BCUT2D eigenvalue weighted by Crippen LogP contribution is -2.51. The van der Waals surface area contributed by atoms with Gasteiger partial charge in [0.25, 0.3) is 5.91 Å². The van der Waals surface area contributed by atoms with Gasteiger partial charge in [-0.1, -0.05) is 23.7 Å². The first-order valence-corrected chi connectivity index (χ1v) is 11.9. The summed E-state index contributed by atoms with van der Waals surface area (Å²) in [6, 6.07) is 19.5. The number of nitriles is 1. The number of thioether (sulfide) groups is 1. The van der Waals surface area contributed by atoms with Crippen LogP contribution in [0.2, 0.25) is 5.02 Å². The number of amides is 3. The quantitative estimate of drug-likeness (QED) is 0.536. The average Bonchev–Trinajstić information content (AvgIpc) is 3.38. The Hall–Kier alpha value is -3.54. The van der Waals surface area contributed by atoms with Crippen LogP contribution in [-0.4, -0.2) is 29.1 Å². The number of hydrogen-bond donors (Lipinski definition) is 1. The van der Waals surface area contributed by atoms with E-state index >= 15 is 0 Å². The first-order chi connectivity index (χ1) is 16.4. The maximum atomic E-state index is 14.4. The minimum absolute atomic E-state index is 0.196. The van der Waals surface area contributed by atoms with Crippen LogP contribution in [0.5, 0.6) is 0 Å². The Morgan fingerprint density at radius 3 is 2.74 bits per heavy atom. The molecule has 3 aromatic carbocycles. The van der Waals surface area contributed by atoms with Crippen molar-refractivity contribution in [2.75, 3.05) is 22.5 Å². The van der Waals surface area contributed by atoms with Crippen molar-refractivity contribution in [1.29, 1.82) is 5.26 Å². The van der Waals surface area contributed by atoms with Gasteiger partial charge in [-0.2, -0.15) is 5.26 Å². The highest BCUT2D eigenvalue weighted by Gasteiger charge is 2.59. The van der Waals surface area contributed by atoms with Gasteiger partial charge >= 0.3 is 6.03 Å². The molecule has 0 radical (unpaired) electrons. The number of nitrogens with zero attached hydrogens (tertiary/aromatic N) is 3. The van der Waals surface area contributed by atoms with E-state index in [0.29, 0.717) is 39.8 Å². The van der Waals surface area contributed by atoms with Crippen molar-refractivity contribution in [3.05, 3.63) is 94.3 Å². The third-order valence-electron chi connectivity index (χ3n) is 5.89. The zero-order valence-corrected chi connectivity index (χ0v) is 19.4. The lowest BCUT2D eigenvalue weighted by Gasteiger charge is -2.33. The zero-order chi connectivity index (χ0) is 23.9. The van der Waals surface area contributed by atoms with Gasteiger partial charge < -0.3 is 10.2 Å². The van der Waals surface area contributed by atoms with Gasteiger partial charge in [0.05, 0.1) is 23.9 Å². The van der Waals surface area contributed by atoms with E-state index in [0.717, 1.165) is 5.56 Å². The molecule has 2 aliphatic heterocycles. The number of nitrogens with one attached hydrogen (secondary N) is 1. The van der Waals surface area contributed by atoms with Crippen molar-refractivity contribution in [1.82, 2.24) is 4.90 Å². The van der Waals surface area contributed by atoms with Crippen LogP contribution in [0.25, 0.3) is 0 Å². The minimum atomic E-state index is -1.37. The second-order valence-corrected chi connectivity index (χ2v) is 9.67. The van der Waals surface area contributed by atoms with Gasteiger partial charge in [0, 0.05) is 28.6 Å². The molecule has 0 unspecified atom stereocenters. The maximum Gasteiger partial charge on any atom is 0.323 e. The van der Waals surface area contributed by atoms with Crippen LogP contribution < -0.4 is 10.2 Å². The summed E-state index contributed by atoms with van der Waals surface area (Å²) in [6.45, 7) is 0.519. The Labute approximate surface area is 204 Å². The Balaban J connectivity index is 1.53. The van der Waals surface area contributed by atoms with E-state index in [1.807, 2.05) is 6.07 Å². The van der Waals surface area contributed by atoms with E-state index in [1.165, 1.54) is 28.8 Å². The molecule has 1 N–H and O–H groups in total. The summed E-state index contributed by atoms with van der Waals surface area (Å²) in [4.78, 5) is 28.9. The normalized spacial score (nSPS) is 18.8. The summed E-state index contributed by atoms with van der Waals surface area (Å²) in [6.07, 6.45) is 0. The molecule has 6 nitrogen and oxygen atoms in total. The van der Waals surface area contributed by atoms with Gasteiger partial charge in [0.15, 0.2) is 4.87 Å². The first kappa shape index (κ1) is 22.3. The lowest BCUT2D eigenvalue weighted by atomic mass is 10.1. The summed E-state index contributed by atoms with van der Waals surface area (Å²) in [7, 11) is 0. The molecule has 9 heteroatoms. The van der Waals surface area contributed by atoms with Crippen LogP contribution in [-0.2, 0) is 16.2 Å². The Bertz CT molecular complexity index is 1340. The van der Waals surface area contributed by atoms with Crippen molar-refractivity contribution in [2.45, 2.75) is 11.4 Å². The molecular formula is C25H18ClFN4O2S. The van der Waals surface area contributed by atoms with Crippen LogP contribution in [0, 0.1) is 17.1 Å². The number of rotatable bonds is 3. The first-order valence-electron chi connectivity index (χ1n) is 10.5. The number of carbonyl (C=O) groups excluding carboxylic acids is 2. The summed E-state index contributed by atoms with van der Waals surface area (Å²) in [5.41, 5.74) is 2.78. The molecule has 0 aliphatic carbocycles. The third-order valence-corrected chi connectivity index (χ3v) is 7.56. The largest absolute Gasteiger partial charge is 0.323 e. The fraction of sp³-hybridized carbons (Fsp3) is 0.160. The monoisotopic (exact) mass is 492 g/mol. The molecule has 0 bridgehead atoms. The van der Waals surface area contributed by atoms with Crippen LogP contribution in [0.3, 0.4) is 0 Å². The van der Waals surface area contributed by atoms with E-state index in [1.54, 1.807) is 53.4 Å². The number of anilines is 2. The number of halogens is 2. The number of hydrogen-bond acceptors (Lipinski definition) is 4. The predicted molar refractivity (Wildman–Crippen MR) is 130 cm³/mol. The van der Waals surface area contributed by atoms with Gasteiger partial charge in [-0.25, -0.2) is 9.18 Å². The predicted octanol–water partition coefficient (Wildman–Crippen LogP) is 5.33. The Morgan fingerprint density at radius 2 is 1.97 bits per heavy atom. The average molecular weight is 493 g/mol. The van der Waals surface area contributed by atoms with E-state index in [9.17, 15) is 19.2 Å². The number of urea groups is 1. The van der Waals surface area contributed by atoms with E-state index in [4.69, 9.17) is 11.6 Å². The molecule has 1 atom stereocenters. The molecule has 5 rings (SSSR count). The third kappa shape index (κ3) is 3.67. The topological polar surface area (TPSA) is 76.4 Å². The standard InChI is InChI=1S/C25H18ClFN4O2S/c26-18-4-7-20(8-5-18)29-24(33)31-10-11-34-25(31)21-13-19(27)6-9-22(21)30(23(25)32)15-17-3-1-2-16(12-17)14-28/h1-9,12-13H,10-11,15H2,(H,29,33)/t25-/m0/s1. The van der Waals surface area contributed by atoms with E-state index in [2.05, 4.69) is 11.4 Å². The Kier molecular flexibility index (Phi) is 5.68. The van der Waals surface area contributed by atoms with Crippen LogP contribution in [0.15, 0.2) is 66.7 Å². The lowest BCUT2D eigenvalue weighted by molar-refractivity contribution is -0.123. The molecule has 34 heavy (non-hydrogen) atoms. The molecule has 2 heterocycles. The van der Waals surface area contributed by atoms with Crippen LogP contribution >= 0.6 is 23.4 Å². The fourth-order valence-electron chi connectivity index (χ4n) is 4.39. The fourth-order valence-corrected chi connectivity index (χ4v) is 5.97. The van der Waals surface area contributed by atoms with Gasteiger partial charge in [-0.15, -0.1) is 11.8 Å².